The number of nitro groups is 2. The van der Waals surface area contributed by atoms with E-state index in [0.29, 0.717) is 21.9 Å². The lowest BCUT2D eigenvalue weighted by Gasteiger charge is -2.04. The van der Waals surface area contributed by atoms with Gasteiger partial charge in [0.15, 0.2) is 0 Å². The summed E-state index contributed by atoms with van der Waals surface area (Å²) >= 11 is 6.18. The van der Waals surface area contributed by atoms with Gasteiger partial charge in [-0.05, 0) is 36.4 Å². The molecule has 2 aromatic carbocycles. The van der Waals surface area contributed by atoms with E-state index in [2.05, 4.69) is 15.3 Å². The van der Waals surface area contributed by atoms with E-state index in [-0.39, 0.29) is 11.4 Å². The van der Waals surface area contributed by atoms with Crippen molar-refractivity contribution >= 4 is 40.8 Å². The fourth-order valence-electron chi connectivity index (χ4n) is 2.57. The van der Waals surface area contributed by atoms with Crippen molar-refractivity contribution in [2.75, 3.05) is 12.5 Å². The van der Waals surface area contributed by atoms with Gasteiger partial charge in [0.2, 0.25) is 0 Å². The Kier molecular flexibility index (Phi) is 6.26. The summed E-state index contributed by atoms with van der Waals surface area (Å²) in [6, 6.07) is 10.9. The number of halogens is 1. The number of nitrogens with one attached hydrogen (secondary N) is 1. The van der Waals surface area contributed by atoms with E-state index in [1.165, 1.54) is 37.6 Å². The summed E-state index contributed by atoms with van der Waals surface area (Å²) in [6.45, 7) is 0. The largest absolute Gasteiger partial charge is 0.465 e. The van der Waals surface area contributed by atoms with Gasteiger partial charge in [-0.25, -0.2) is 4.79 Å². The molecule has 0 aliphatic rings. The predicted octanol–water partition coefficient (Wildman–Crippen LogP) is 4.65. The third-order valence-corrected chi connectivity index (χ3v) is 4.37. The van der Waals surface area contributed by atoms with Crippen molar-refractivity contribution in [3.63, 3.8) is 0 Å². The van der Waals surface area contributed by atoms with E-state index in [1.807, 2.05) is 0 Å². The highest BCUT2D eigenvalue weighted by Gasteiger charge is 2.19. The molecule has 0 aliphatic carbocycles. The number of methoxy groups -OCH3 is 1. The van der Waals surface area contributed by atoms with Crippen LogP contribution in [0.3, 0.4) is 0 Å². The first-order valence-corrected chi connectivity index (χ1v) is 8.88. The monoisotopic (exact) mass is 444 g/mol. The number of nitro benzene ring substituents is 2. The van der Waals surface area contributed by atoms with E-state index >= 15 is 0 Å². The minimum atomic E-state index is -0.758. The fourth-order valence-corrected chi connectivity index (χ4v) is 2.78. The van der Waals surface area contributed by atoms with Crippen LogP contribution in [-0.2, 0) is 4.74 Å². The number of rotatable bonds is 7. The Morgan fingerprint density at radius 1 is 1.13 bits per heavy atom. The smallest absolute Gasteiger partial charge is 0.337 e. The molecule has 0 atom stereocenters. The Balaban J connectivity index is 1.80. The molecule has 11 nitrogen and oxygen atoms in total. The van der Waals surface area contributed by atoms with Crippen molar-refractivity contribution in [3.05, 3.63) is 85.1 Å². The number of hydrazone groups is 1. The van der Waals surface area contributed by atoms with Crippen LogP contribution >= 0.6 is 11.6 Å². The van der Waals surface area contributed by atoms with E-state index in [4.69, 9.17) is 16.0 Å². The Labute approximate surface area is 179 Å². The molecular weight excluding hydrogens is 432 g/mol. The quantitative estimate of drug-likeness (QED) is 0.239. The topological polar surface area (TPSA) is 150 Å². The van der Waals surface area contributed by atoms with E-state index in [9.17, 15) is 25.0 Å². The Bertz CT molecular complexity index is 1210. The number of hydrogen-bond donors (Lipinski definition) is 1. The zero-order valence-corrected chi connectivity index (χ0v) is 16.5. The number of carbonyl (C=O) groups excluding carboxylic acids is 1. The zero-order valence-electron chi connectivity index (χ0n) is 15.8. The van der Waals surface area contributed by atoms with Crippen molar-refractivity contribution in [3.8, 4) is 11.3 Å². The number of ether oxygens (including phenoxy) is 1. The summed E-state index contributed by atoms with van der Waals surface area (Å²) in [4.78, 5) is 32.2. The second-order valence-electron chi connectivity index (χ2n) is 5.97. The van der Waals surface area contributed by atoms with Crippen LogP contribution in [0.5, 0.6) is 0 Å². The van der Waals surface area contributed by atoms with Gasteiger partial charge in [-0.2, -0.15) is 5.10 Å². The number of carbonyl (C=O) groups is 1. The first-order chi connectivity index (χ1) is 14.8. The van der Waals surface area contributed by atoms with Gasteiger partial charge in [-0.1, -0.05) is 11.6 Å². The van der Waals surface area contributed by atoms with Gasteiger partial charge in [0.1, 0.15) is 17.2 Å². The van der Waals surface area contributed by atoms with E-state index in [1.54, 1.807) is 12.1 Å². The second-order valence-corrected chi connectivity index (χ2v) is 6.38. The molecule has 0 saturated heterocycles. The van der Waals surface area contributed by atoms with Crippen LogP contribution in [0.2, 0.25) is 5.02 Å². The maximum Gasteiger partial charge on any atom is 0.337 e. The zero-order chi connectivity index (χ0) is 22.5. The standard InChI is InChI=1S/C19H13ClN4O7/c1-30-19(25)11-2-5-15(20)14(8-11)18-7-4-13(31-18)10-21-22-16-6-3-12(23(26)27)9-17(16)24(28)29/h2-10,22H,1H3/b21-10-. The molecule has 0 aliphatic heterocycles. The van der Waals surface area contributed by atoms with Gasteiger partial charge in [0, 0.05) is 11.6 Å². The molecule has 1 heterocycles. The van der Waals surface area contributed by atoms with Crippen LogP contribution in [0.15, 0.2) is 58.0 Å². The lowest BCUT2D eigenvalue weighted by atomic mass is 10.1. The number of anilines is 1. The minimum Gasteiger partial charge on any atom is -0.465 e. The Morgan fingerprint density at radius 2 is 1.90 bits per heavy atom. The Morgan fingerprint density at radius 3 is 2.58 bits per heavy atom. The van der Waals surface area contributed by atoms with E-state index in [0.717, 1.165) is 12.1 Å². The molecule has 12 heteroatoms. The summed E-state index contributed by atoms with van der Waals surface area (Å²) in [5.74, 6) is 0.116. The molecule has 0 amide bonds. The summed E-state index contributed by atoms with van der Waals surface area (Å²) in [5, 5.41) is 26.2. The summed E-state index contributed by atoms with van der Waals surface area (Å²) in [6.07, 6.45) is 1.26. The third-order valence-electron chi connectivity index (χ3n) is 4.05. The highest BCUT2D eigenvalue weighted by Crippen LogP contribution is 2.31. The van der Waals surface area contributed by atoms with Gasteiger partial charge in [-0.3, -0.25) is 25.7 Å². The molecule has 3 rings (SSSR count). The summed E-state index contributed by atoms with van der Waals surface area (Å²) < 4.78 is 10.3. The van der Waals surface area contributed by atoms with Gasteiger partial charge in [0.25, 0.3) is 5.69 Å². The first-order valence-electron chi connectivity index (χ1n) is 8.50. The van der Waals surface area contributed by atoms with Gasteiger partial charge < -0.3 is 9.15 Å². The van der Waals surface area contributed by atoms with Crippen LogP contribution < -0.4 is 5.43 Å². The van der Waals surface area contributed by atoms with Crippen LogP contribution in [0, 0.1) is 20.2 Å². The molecule has 0 fully saturated rings. The molecule has 31 heavy (non-hydrogen) atoms. The average molecular weight is 445 g/mol. The highest BCUT2D eigenvalue weighted by atomic mass is 35.5. The lowest BCUT2D eigenvalue weighted by molar-refractivity contribution is -0.393. The van der Waals surface area contributed by atoms with Gasteiger partial charge in [-0.15, -0.1) is 0 Å². The highest BCUT2D eigenvalue weighted by molar-refractivity contribution is 6.33. The summed E-state index contributed by atoms with van der Waals surface area (Å²) in [7, 11) is 1.26. The predicted molar refractivity (Wildman–Crippen MR) is 111 cm³/mol. The van der Waals surface area contributed by atoms with Crippen LogP contribution in [-0.4, -0.2) is 29.1 Å². The van der Waals surface area contributed by atoms with Crippen molar-refractivity contribution in [2.45, 2.75) is 0 Å². The second kappa shape index (κ2) is 9.05. The first kappa shape index (κ1) is 21.5. The number of hydrogen-bond acceptors (Lipinski definition) is 9. The molecule has 0 bridgehead atoms. The molecule has 1 N–H and O–H groups in total. The Hall–Kier alpha value is -4.25. The SMILES string of the molecule is COC(=O)c1ccc(Cl)c(-c2ccc(/C=N\Nc3ccc([N+](=O)[O-])cc3[N+](=O)[O-])o2)c1. The molecule has 0 unspecified atom stereocenters. The van der Waals surface area contributed by atoms with Crippen LogP contribution in [0.25, 0.3) is 11.3 Å². The normalized spacial score (nSPS) is 10.8. The fraction of sp³-hybridized carbons (Fsp3) is 0.0526. The van der Waals surface area contributed by atoms with Crippen molar-refractivity contribution < 1.29 is 23.8 Å². The maximum absolute atomic E-state index is 11.7. The van der Waals surface area contributed by atoms with Crippen LogP contribution in [0.1, 0.15) is 16.1 Å². The van der Waals surface area contributed by atoms with Gasteiger partial charge in [0.05, 0.1) is 39.8 Å². The number of benzene rings is 2. The number of non-ortho nitro benzene ring substituents is 1. The molecule has 3 aromatic rings. The molecular formula is C19H13ClN4O7. The van der Waals surface area contributed by atoms with E-state index < -0.39 is 27.2 Å². The van der Waals surface area contributed by atoms with Crippen molar-refractivity contribution in [1.82, 2.24) is 0 Å². The lowest BCUT2D eigenvalue weighted by Crippen LogP contribution is -2.01. The number of esters is 1. The van der Waals surface area contributed by atoms with Crippen LogP contribution in [0.4, 0.5) is 17.1 Å². The summed E-state index contributed by atoms with van der Waals surface area (Å²) in [5.41, 5.74) is 2.26. The number of nitrogens with zero attached hydrogens (tertiary/aromatic N) is 3. The molecule has 0 radical (unpaired) electrons. The molecule has 0 spiro atoms. The molecule has 158 valence electrons. The van der Waals surface area contributed by atoms with Crippen molar-refractivity contribution in [2.24, 2.45) is 5.10 Å². The molecule has 1 aromatic heterocycles. The average Bonchev–Trinajstić information content (AvgIpc) is 3.22. The maximum atomic E-state index is 11.7. The minimum absolute atomic E-state index is 0.0348. The number of furan rings is 1. The molecule has 0 saturated carbocycles. The third kappa shape index (κ3) is 4.85. The van der Waals surface area contributed by atoms with Gasteiger partial charge >= 0.3 is 11.7 Å². The van der Waals surface area contributed by atoms with Crippen molar-refractivity contribution in [1.29, 1.82) is 0 Å².